The van der Waals surface area contributed by atoms with E-state index in [1.165, 1.54) is 19.3 Å². The molecule has 1 aromatic carbocycles. The summed E-state index contributed by atoms with van der Waals surface area (Å²) in [6, 6.07) is 7.20. The number of carboxylic acids is 1. The molecule has 2 fully saturated rings. The highest BCUT2D eigenvalue weighted by atomic mass is 19.1. The van der Waals surface area contributed by atoms with Gasteiger partial charge in [0.2, 0.25) is 0 Å². The van der Waals surface area contributed by atoms with E-state index in [0.29, 0.717) is 30.7 Å². The second-order valence-corrected chi connectivity index (χ2v) is 8.88. The minimum atomic E-state index is -1.15. The van der Waals surface area contributed by atoms with Gasteiger partial charge in [0, 0.05) is 24.7 Å². The molecule has 0 unspecified atom stereocenters. The number of fused-ring (bicyclic) bond motifs is 1. The summed E-state index contributed by atoms with van der Waals surface area (Å²) < 4.78 is 20.5. The topological polar surface area (TPSA) is 62.7 Å². The summed E-state index contributed by atoms with van der Waals surface area (Å²) in [5.74, 6) is 0.297. The first-order chi connectivity index (χ1) is 14.5. The smallest absolute Gasteiger partial charge is 0.308 e. The van der Waals surface area contributed by atoms with Crippen LogP contribution in [-0.2, 0) is 4.79 Å². The number of halogens is 1. The van der Waals surface area contributed by atoms with E-state index in [-0.39, 0.29) is 5.92 Å². The Balaban J connectivity index is 1.41. The highest BCUT2D eigenvalue weighted by Crippen LogP contribution is 2.36. The molecule has 2 aliphatic rings. The van der Waals surface area contributed by atoms with E-state index < -0.39 is 18.1 Å². The first kappa shape index (κ1) is 21.0. The third kappa shape index (κ3) is 4.59. The molecule has 3 atom stereocenters. The van der Waals surface area contributed by atoms with E-state index in [1.807, 2.05) is 18.2 Å². The molecule has 1 aromatic heterocycles. The van der Waals surface area contributed by atoms with Crippen molar-refractivity contribution in [2.75, 3.05) is 26.7 Å². The van der Waals surface area contributed by atoms with Crippen LogP contribution in [-0.4, -0.2) is 47.7 Å². The van der Waals surface area contributed by atoms with Crippen molar-refractivity contribution in [2.45, 2.75) is 44.7 Å². The minimum absolute atomic E-state index is 0.0287. The Morgan fingerprint density at radius 1 is 1.33 bits per heavy atom. The van der Waals surface area contributed by atoms with Crippen molar-refractivity contribution in [1.82, 2.24) is 9.88 Å². The van der Waals surface area contributed by atoms with E-state index >= 15 is 4.39 Å². The van der Waals surface area contributed by atoms with Crippen molar-refractivity contribution in [3.8, 4) is 5.75 Å². The lowest BCUT2D eigenvalue weighted by atomic mass is 9.79. The fourth-order valence-electron chi connectivity index (χ4n) is 4.96. The van der Waals surface area contributed by atoms with Crippen LogP contribution in [0.3, 0.4) is 0 Å². The van der Waals surface area contributed by atoms with Gasteiger partial charge < -0.3 is 14.7 Å². The lowest BCUT2D eigenvalue weighted by Crippen LogP contribution is -2.46. The van der Waals surface area contributed by atoms with Crippen LogP contribution >= 0.6 is 0 Å². The zero-order valence-corrected chi connectivity index (χ0v) is 17.6. The van der Waals surface area contributed by atoms with Gasteiger partial charge in [0.1, 0.15) is 11.9 Å². The van der Waals surface area contributed by atoms with E-state index in [4.69, 9.17) is 4.74 Å². The normalized spacial score (nSPS) is 23.8. The number of ether oxygens (including phenoxy) is 1. The molecule has 0 amide bonds. The summed E-state index contributed by atoms with van der Waals surface area (Å²) in [6.45, 7) is 2.55. The molecular weight excluding hydrogens is 383 g/mol. The monoisotopic (exact) mass is 414 g/mol. The summed E-state index contributed by atoms with van der Waals surface area (Å²) in [5, 5.41) is 10.5. The molecule has 1 aliphatic carbocycles. The second kappa shape index (κ2) is 9.29. The van der Waals surface area contributed by atoms with Gasteiger partial charge in [-0.1, -0.05) is 6.42 Å². The van der Waals surface area contributed by atoms with Gasteiger partial charge in [-0.3, -0.25) is 9.78 Å². The minimum Gasteiger partial charge on any atom is -0.497 e. The van der Waals surface area contributed by atoms with Crippen molar-refractivity contribution >= 4 is 16.9 Å². The number of carbonyl (C=O) groups is 1. The maximum atomic E-state index is 15.3. The molecule has 5 nitrogen and oxygen atoms in total. The molecule has 1 N–H and O–H groups in total. The number of pyridine rings is 1. The number of likely N-dealkylation sites (tertiary alicyclic amines) is 1. The Morgan fingerprint density at radius 2 is 2.17 bits per heavy atom. The number of hydrogen-bond acceptors (Lipinski definition) is 4. The van der Waals surface area contributed by atoms with Crippen LogP contribution in [0.15, 0.2) is 30.5 Å². The quantitative estimate of drug-likeness (QED) is 0.669. The van der Waals surface area contributed by atoms with Crippen LogP contribution < -0.4 is 4.74 Å². The largest absolute Gasteiger partial charge is 0.497 e. The Morgan fingerprint density at radius 3 is 2.87 bits per heavy atom. The van der Waals surface area contributed by atoms with Gasteiger partial charge in [-0.2, -0.15) is 0 Å². The van der Waals surface area contributed by atoms with Crippen LogP contribution in [0.2, 0.25) is 0 Å². The number of methoxy groups -OCH3 is 1. The number of nitrogens with zero attached hydrogens (tertiary/aromatic N) is 2. The predicted octanol–water partition coefficient (Wildman–Crippen LogP) is 4.86. The summed E-state index contributed by atoms with van der Waals surface area (Å²) in [7, 11) is 1.59. The SMILES string of the molecule is COc1ccc2nccc([C@@H](F)CC[C@@H]3CCN(CC4CCC4)C[C@@H]3C(=O)O)c2c1. The Labute approximate surface area is 177 Å². The number of alkyl halides is 1. The van der Waals surface area contributed by atoms with Crippen LogP contribution in [0.1, 0.15) is 50.3 Å². The molecule has 2 heterocycles. The number of piperidine rings is 1. The maximum Gasteiger partial charge on any atom is 0.308 e. The molecule has 162 valence electrons. The van der Waals surface area contributed by atoms with Gasteiger partial charge >= 0.3 is 5.97 Å². The number of carboxylic acid groups (broad SMARTS) is 1. The van der Waals surface area contributed by atoms with Gasteiger partial charge in [0.15, 0.2) is 0 Å². The first-order valence-corrected chi connectivity index (χ1v) is 11.1. The fraction of sp³-hybridized carbons (Fsp3) is 0.583. The van der Waals surface area contributed by atoms with Gasteiger partial charge in [0.05, 0.1) is 18.5 Å². The van der Waals surface area contributed by atoms with E-state index in [0.717, 1.165) is 36.3 Å². The van der Waals surface area contributed by atoms with Gasteiger partial charge in [0.25, 0.3) is 0 Å². The molecule has 0 bridgehead atoms. The third-order valence-corrected chi connectivity index (χ3v) is 7.01. The van der Waals surface area contributed by atoms with Gasteiger partial charge in [-0.25, -0.2) is 4.39 Å². The number of aliphatic carboxylic acids is 1. The van der Waals surface area contributed by atoms with Crippen molar-refractivity contribution in [2.24, 2.45) is 17.8 Å². The first-order valence-electron chi connectivity index (χ1n) is 11.1. The summed E-state index contributed by atoms with van der Waals surface area (Å²) in [4.78, 5) is 18.5. The lowest BCUT2D eigenvalue weighted by molar-refractivity contribution is -0.146. The molecular formula is C24H31FN2O3. The van der Waals surface area contributed by atoms with Gasteiger partial charge in [-0.05, 0) is 80.3 Å². The second-order valence-electron chi connectivity index (χ2n) is 8.88. The summed E-state index contributed by atoms with van der Waals surface area (Å²) in [6.07, 6.45) is 6.08. The lowest BCUT2D eigenvalue weighted by Gasteiger charge is -2.40. The van der Waals surface area contributed by atoms with Crippen molar-refractivity contribution in [3.05, 3.63) is 36.0 Å². The van der Waals surface area contributed by atoms with Crippen LogP contribution in [0.25, 0.3) is 10.9 Å². The molecule has 1 saturated heterocycles. The standard InChI is InChI=1S/C24H31FN2O3/c1-30-18-6-8-23-20(13-18)19(9-11-26-23)22(25)7-5-17-10-12-27(14-16-3-2-4-16)15-21(17)24(28)29/h6,8-9,11,13,16-17,21-22H,2-5,7,10,12,14-15H2,1H3,(H,28,29)/t17-,21+,22+/m1/s1. The molecule has 6 heteroatoms. The summed E-state index contributed by atoms with van der Waals surface area (Å²) in [5.41, 5.74) is 1.34. The third-order valence-electron chi connectivity index (χ3n) is 7.01. The molecule has 0 spiro atoms. The van der Waals surface area contributed by atoms with Crippen molar-refractivity contribution in [3.63, 3.8) is 0 Å². The Kier molecular flexibility index (Phi) is 6.52. The molecule has 0 radical (unpaired) electrons. The van der Waals surface area contributed by atoms with Crippen molar-refractivity contribution in [1.29, 1.82) is 0 Å². The predicted molar refractivity (Wildman–Crippen MR) is 114 cm³/mol. The highest BCUT2D eigenvalue weighted by molar-refractivity contribution is 5.83. The molecule has 30 heavy (non-hydrogen) atoms. The van der Waals surface area contributed by atoms with Gasteiger partial charge in [-0.15, -0.1) is 0 Å². The highest BCUT2D eigenvalue weighted by Gasteiger charge is 2.35. The van der Waals surface area contributed by atoms with Crippen molar-refractivity contribution < 1.29 is 19.0 Å². The van der Waals surface area contributed by atoms with E-state index in [2.05, 4.69) is 9.88 Å². The van der Waals surface area contributed by atoms with Crippen LogP contribution in [0, 0.1) is 17.8 Å². The maximum absolute atomic E-state index is 15.3. The number of benzene rings is 1. The fourth-order valence-corrected chi connectivity index (χ4v) is 4.96. The zero-order chi connectivity index (χ0) is 21.1. The van der Waals surface area contributed by atoms with E-state index in [9.17, 15) is 9.90 Å². The average molecular weight is 415 g/mol. The van der Waals surface area contributed by atoms with Crippen LogP contribution in [0.5, 0.6) is 5.75 Å². The number of hydrogen-bond donors (Lipinski definition) is 1. The average Bonchev–Trinajstić information content (AvgIpc) is 2.74. The van der Waals surface area contributed by atoms with Crippen LogP contribution in [0.4, 0.5) is 4.39 Å². The zero-order valence-electron chi connectivity index (χ0n) is 17.6. The molecule has 1 aliphatic heterocycles. The Hall–Kier alpha value is -2.21. The molecule has 1 saturated carbocycles. The summed E-state index contributed by atoms with van der Waals surface area (Å²) >= 11 is 0. The number of aromatic nitrogens is 1. The number of rotatable bonds is 8. The molecule has 2 aromatic rings. The Bertz CT molecular complexity index is 886. The van der Waals surface area contributed by atoms with E-state index in [1.54, 1.807) is 19.4 Å². The molecule has 4 rings (SSSR count).